The molecule has 0 spiro atoms. The van der Waals surface area contributed by atoms with E-state index in [2.05, 4.69) is 13.2 Å². The minimum atomic E-state index is -0.804. The predicted octanol–water partition coefficient (Wildman–Crippen LogP) is 4.15. The molecule has 0 aromatic heterocycles. The van der Waals surface area contributed by atoms with Gasteiger partial charge in [-0.2, -0.15) is 0 Å². The summed E-state index contributed by atoms with van der Waals surface area (Å²) in [6.45, 7) is 7.46. The smallest absolute Gasteiger partial charge is 0.340 e. The van der Waals surface area contributed by atoms with E-state index < -0.39 is 18.2 Å². The van der Waals surface area contributed by atoms with Crippen LogP contribution in [-0.4, -0.2) is 31.3 Å². The van der Waals surface area contributed by atoms with Crippen molar-refractivity contribution < 1.29 is 23.8 Å². The summed E-state index contributed by atoms with van der Waals surface area (Å²) in [5.41, 5.74) is 0.731. The number of hydrogen-bond donors (Lipinski definition) is 0. The second-order valence-corrected chi connectivity index (χ2v) is 6.63. The highest BCUT2D eigenvalue weighted by Gasteiger charge is 2.41. The number of benzene rings is 1. The zero-order valence-electron chi connectivity index (χ0n) is 15.8. The number of methoxy groups -OCH3 is 1. The predicted molar refractivity (Wildman–Crippen MR) is 103 cm³/mol. The summed E-state index contributed by atoms with van der Waals surface area (Å²) in [4.78, 5) is 24.7. The number of ether oxygens (including phenoxy) is 3. The monoisotopic (exact) mass is 372 g/mol. The summed E-state index contributed by atoms with van der Waals surface area (Å²) in [7, 11) is 1.48. The van der Waals surface area contributed by atoms with E-state index in [9.17, 15) is 9.59 Å². The lowest BCUT2D eigenvalue weighted by Crippen LogP contribution is -2.34. The maximum atomic E-state index is 12.8. The molecule has 0 saturated carbocycles. The molecule has 2 rings (SSSR count). The molecule has 0 bridgehead atoms. The number of rotatable bonds is 11. The standard InChI is InChI=1S/C22H28O5/c1-4-6-13-18-17(15-20(23)26-18)19(14-7-5-2)27-22(24)21(25-3)16-11-9-8-10-12-16/h4-5,8-12,17-19,21H,1-2,6-7,13-15H2,3H3/t17-,18+,19+,21+/m1/s1. The van der Waals surface area contributed by atoms with Gasteiger partial charge in [0.05, 0.1) is 6.42 Å². The van der Waals surface area contributed by atoms with Crippen molar-refractivity contribution in [3.05, 3.63) is 61.2 Å². The fourth-order valence-corrected chi connectivity index (χ4v) is 3.40. The van der Waals surface area contributed by atoms with Gasteiger partial charge in [-0.3, -0.25) is 4.79 Å². The summed E-state index contributed by atoms with van der Waals surface area (Å²) in [5.74, 6) is -0.880. The molecule has 1 heterocycles. The van der Waals surface area contributed by atoms with Gasteiger partial charge in [0.2, 0.25) is 0 Å². The first-order chi connectivity index (χ1) is 13.1. The minimum Gasteiger partial charge on any atom is -0.462 e. The van der Waals surface area contributed by atoms with Gasteiger partial charge in [-0.05, 0) is 31.2 Å². The van der Waals surface area contributed by atoms with Gasteiger partial charge < -0.3 is 14.2 Å². The summed E-state index contributed by atoms with van der Waals surface area (Å²) in [5, 5.41) is 0. The van der Waals surface area contributed by atoms with Crippen molar-refractivity contribution in [2.24, 2.45) is 5.92 Å². The maximum Gasteiger partial charge on any atom is 0.340 e. The first kappa shape index (κ1) is 20.9. The number of allylic oxidation sites excluding steroid dienone is 2. The Morgan fingerprint density at radius 3 is 2.59 bits per heavy atom. The van der Waals surface area contributed by atoms with E-state index in [0.29, 0.717) is 19.3 Å². The van der Waals surface area contributed by atoms with Gasteiger partial charge in [-0.1, -0.05) is 42.5 Å². The maximum absolute atomic E-state index is 12.8. The molecule has 0 N–H and O–H groups in total. The molecule has 1 aliphatic rings. The zero-order valence-corrected chi connectivity index (χ0v) is 15.8. The van der Waals surface area contributed by atoms with Crippen LogP contribution in [0.1, 0.15) is 43.8 Å². The number of cyclic esters (lactones) is 1. The van der Waals surface area contributed by atoms with E-state index >= 15 is 0 Å². The van der Waals surface area contributed by atoms with Crippen LogP contribution >= 0.6 is 0 Å². The topological polar surface area (TPSA) is 61.8 Å². The molecular formula is C22H28O5. The Morgan fingerprint density at radius 2 is 1.96 bits per heavy atom. The van der Waals surface area contributed by atoms with Crippen LogP contribution in [0.3, 0.4) is 0 Å². The van der Waals surface area contributed by atoms with E-state index in [1.807, 2.05) is 30.3 Å². The van der Waals surface area contributed by atoms with E-state index in [0.717, 1.165) is 12.0 Å². The Morgan fingerprint density at radius 1 is 1.26 bits per heavy atom. The van der Waals surface area contributed by atoms with Crippen molar-refractivity contribution in [2.45, 2.75) is 50.4 Å². The van der Waals surface area contributed by atoms with Gasteiger partial charge in [0.15, 0.2) is 6.10 Å². The molecule has 146 valence electrons. The van der Waals surface area contributed by atoms with Gasteiger partial charge in [0.25, 0.3) is 0 Å². The Hall–Kier alpha value is -2.40. The minimum absolute atomic E-state index is 0.172. The summed E-state index contributed by atoms with van der Waals surface area (Å²) >= 11 is 0. The van der Waals surface area contributed by atoms with E-state index in [-0.39, 0.29) is 24.4 Å². The van der Waals surface area contributed by atoms with Crippen molar-refractivity contribution in [3.63, 3.8) is 0 Å². The summed E-state index contributed by atoms with van der Waals surface area (Å²) in [6.07, 6.45) is 5.00. The molecule has 5 heteroatoms. The van der Waals surface area contributed by atoms with Gasteiger partial charge in [-0.15, -0.1) is 13.2 Å². The molecule has 1 saturated heterocycles. The van der Waals surface area contributed by atoms with Crippen molar-refractivity contribution in [2.75, 3.05) is 7.11 Å². The van der Waals surface area contributed by atoms with Crippen LogP contribution in [0, 0.1) is 5.92 Å². The number of carbonyl (C=O) groups excluding carboxylic acids is 2. The molecule has 0 radical (unpaired) electrons. The summed E-state index contributed by atoms with van der Waals surface area (Å²) in [6, 6.07) is 9.21. The SMILES string of the molecule is C=CCC[C@@H]1OC(=O)C[C@H]1[C@H](CCC=C)OC(=O)[C@@H](OC)c1ccccc1. The first-order valence-corrected chi connectivity index (χ1v) is 9.30. The molecular weight excluding hydrogens is 344 g/mol. The highest BCUT2D eigenvalue weighted by atomic mass is 16.6. The Kier molecular flexibility index (Phi) is 8.27. The zero-order chi connectivity index (χ0) is 19.6. The van der Waals surface area contributed by atoms with Crippen molar-refractivity contribution in [1.29, 1.82) is 0 Å². The van der Waals surface area contributed by atoms with E-state index in [1.165, 1.54) is 7.11 Å². The molecule has 5 nitrogen and oxygen atoms in total. The lowest BCUT2D eigenvalue weighted by atomic mass is 9.89. The van der Waals surface area contributed by atoms with Crippen molar-refractivity contribution in [1.82, 2.24) is 0 Å². The highest BCUT2D eigenvalue weighted by Crippen LogP contribution is 2.33. The van der Waals surface area contributed by atoms with Gasteiger partial charge in [-0.25, -0.2) is 4.79 Å². The lowest BCUT2D eigenvalue weighted by molar-refractivity contribution is -0.165. The van der Waals surface area contributed by atoms with E-state index in [1.54, 1.807) is 12.2 Å². The largest absolute Gasteiger partial charge is 0.462 e. The molecule has 1 fully saturated rings. The average molecular weight is 372 g/mol. The quantitative estimate of drug-likeness (QED) is 0.431. The Balaban J connectivity index is 2.14. The van der Waals surface area contributed by atoms with Gasteiger partial charge in [0, 0.05) is 13.0 Å². The third kappa shape index (κ3) is 5.79. The van der Waals surface area contributed by atoms with Crippen LogP contribution in [-0.2, 0) is 23.8 Å². The second kappa shape index (κ2) is 10.7. The number of carbonyl (C=O) groups is 2. The van der Waals surface area contributed by atoms with Crippen LogP contribution in [0.2, 0.25) is 0 Å². The van der Waals surface area contributed by atoms with Crippen LogP contribution in [0.15, 0.2) is 55.6 Å². The average Bonchev–Trinajstić information content (AvgIpc) is 3.05. The molecule has 0 unspecified atom stereocenters. The third-order valence-corrected chi connectivity index (χ3v) is 4.77. The molecule has 1 aromatic carbocycles. The highest BCUT2D eigenvalue weighted by molar-refractivity contribution is 5.77. The summed E-state index contributed by atoms with van der Waals surface area (Å²) < 4.78 is 16.7. The molecule has 27 heavy (non-hydrogen) atoms. The third-order valence-electron chi connectivity index (χ3n) is 4.77. The molecule has 0 aliphatic carbocycles. The number of hydrogen-bond acceptors (Lipinski definition) is 5. The number of esters is 2. The normalized spacial score (nSPS) is 21.1. The van der Waals surface area contributed by atoms with Crippen molar-refractivity contribution in [3.8, 4) is 0 Å². The second-order valence-electron chi connectivity index (χ2n) is 6.63. The molecule has 1 aliphatic heterocycles. The first-order valence-electron chi connectivity index (χ1n) is 9.30. The molecule has 1 aromatic rings. The van der Waals surface area contributed by atoms with Gasteiger partial charge in [0.1, 0.15) is 12.2 Å². The fourth-order valence-electron chi connectivity index (χ4n) is 3.40. The lowest BCUT2D eigenvalue weighted by Gasteiger charge is -2.28. The van der Waals surface area contributed by atoms with Crippen LogP contribution in [0.5, 0.6) is 0 Å². The Bertz CT molecular complexity index is 639. The molecule has 0 amide bonds. The van der Waals surface area contributed by atoms with Crippen LogP contribution < -0.4 is 0 Å². The van der Waals surface area contributed by atoms with Crippen molar-refractivity contribution >= 4 is 11.9 Å². The fraction of sp³-hybridized carbons (Fsp3) is 0.455. The Labute approximate surface area is 161 Å². The van der Waals surface area contributed by atoms with Crippen LogP contribution in [0.4, 0.5) is 0 Å². The van der Waals surface area contributed by atoms with Crippen LogP contribution in [0.25, 0.3) is 0 Å². The van der Waals surface area contributed by atoms with Gasteiger partial charge >= 0.3 is 11.9 Å². The molecule has 4 atom stereocenters. The van der Waals surface area contributed by atoms with E-state index in [4.69, 9.17) is 14.2 Å².